The molecule has 2 aromatic rings. The van der Waals surface area contributed by atoms with Crippen molar-refractivity contribution in [3.05, 3.63) is 75.8 Å². The molecule has 2 fully saturated rings. The fourth-order valence-corrected chi connectivity index (χ4v) is 5.07. The summed E-state index contributed by atoms with van der Waals surface area (Å²) < 4.78 is 0. The Balaban J connectivity index is 1.77. The van der Waals surface area contributed by atoms with E-state index < -0.39 is 28.3 Å². The molecule has 7 heteroatoms. The number of ketones is 1. The van der Waals surface area contributed by atoms with Gasteiger partial charge in [0, 0.05) is 29.7 Å². The summed E-state index contributed by atoms with van der Waals surface area (Å²) in [5, 5.41) is 32.0. The number of nitriles is 2. The highest BCUT2D eigenvalue weighted by atomic mass is 16.6. The minimum Gasteiger partial charge on any atom is -0.351 e. The number of nitrogens with zero attached hydrogens (tertiary/aromatic N) is 4. The van der Waals surface area contributed by atoms with Gasteiger partial charge in [0.05, 0.1) is 29.1 Å². The monoisotopic (exact) mass is 410 g/mol. The fourth-order valence-electron chi connectivity index (χ4n) is 5.07. The van der Waals surface area contributed by atoms with Gasteiger partial charge in [-0.25, -0.2) is 0 Å². The van der Waals surface area contributed by atoms with Crippen LogP contribution in [0, 0.1) is 44.1 Å². The van der Waals surface area contributed by atoms with E-state index in [1.807, 2.05) is 41.3 Å². The Labute approximate surface area is 179 Å². The molecule has 0 bridgehead atoms. The lowest BCUT2D eigenvalue weighted by atomic mass is 9.69. The van der Waals surface area contributed by atoms with Crippen LogP contribution in [-0.4, -0.2) is 22.8 Å². The van der Waals surface area contributed by atoms with Crippen LogP contribution >= 0.6 is 0 Å². The van der Waals surface area contributed by atoms with Gasteiger partial charge < -0.3 is 4.90 Å². The number of fused-ring (bicyclic) bond motifs is 3. The van der Waals surface area contributed by atoms with Gasteiger partial charge in [0.15, 0.2) is 11.2 Å². The van der Waals surface area contributed by atoms with E-state index in [-0.39, 0.29) is 17.4 Å². The third-order valence-corrected chi connectivity index (χ3v) is 6.63. The van der Waals surface area contributed by atoms with Crippen LogP contribution in [0.1, 0.15) is 29.9 Å². The molecular weight excluding hydrogens is 392 g/mol. The van der Waals surface area contributed by atoms with Crippen molar-refractivity contribution in [3.8, 4) is 12.1 Å². The fraction of sp³-hybridized carbons (Fsp3) is 0.292. The topological polar surface area (TPSA) is 111 Å². The lowest BCUT2D eigenvalue weighted by Crippen LogP contribution is -2.44. The number of hydrogen-bond donors (Lipinski definition) is 0. The molecule has 31 heavy (non-hydrogen) atoms. The zero-order chi connectivity index (χ0) is 21.8. The van der Waals surface area contributed by atoms with Crippen LogP contribution in [0.3, 0.4) is 0 Å². The molecular formula is C24H18N4O3. The molecule has 1 saturated carbocycles. The van der Waals surface area contributed by atoms with E-state index in [1.165, 1.54) is 12.1 Å². The van der Waals surface area contributed by atoms with Gasteiger partial charge in [-0.2, -0.15) is 10.5 Å². The predicted molar refractivity (Wildman–Crippen MR) is 113 cm³/mol. The molecule has 3 aliphatic rings. The second-order valence-electron chi connectivity index (χ2n) is 8.31. The normalized spacial score (nSPS) is 25.1. The Hall–Kier alpha value is -3.97. The molecule has 2 aromatic carbocycles. The van der Waals surface area contributed by atoms with Gasteiger partial charge in [0.1, 0.15) is 0 Å². The highest BCUT2D eigenvalue weighted by Gasteiger charge is 2.64. The number of anilines is 1. The first-order chi connectivity index (χ1) is 15.0. The van der Waals surface area contributed by atoms with Crippen LogP contribution in [0.25, 0.3) is 6.08 Å². The molecule has 2 aliphatic heterocycles. The molecule has 0 unspecified atom stereocenters. The van der Waals surface area contributed by atoms with Crippen molar-refractivity contribution < 1.29 is 9.72 Å². The molecule has 0 radical (unpaired) electrons. The minimum absolute atomic E-state index is 0.000941. The van der Waals surface area contributed by atoms with Crippen LogP contribution in [0.15, 0.2) is 54.6 Å². The van der Waals surface area contributed by atoms with Crippen LogP contribution in [0.5, 0.6) is 0 Å². The molecule has 152 valence electrons. The zero-order valence-electron chi connectivity index (χ0n) is 16.5. The SMILES string of the molecule is N#CC1(C#N)[C@H](c2cccc([N+](=O)[O-])c2)[C@H](C(=O)C2CC2)N2c3ccccc3C=C[C@H]21. The van der Waals surface area contributed by atoms with Crippen molar-refractivity contribution in [1.82, 2.24) is 0 Å². The molecule has 5 rings (SSSR count). The molecule has 3 atom stereocenters. The number of Topliss-reactive ketones (excluding diaryl/α,β-unsaturated/α-hetero) is 1. The predicted octanol–water partition coefficient (Wildman–Crippen LogP) is 3.98. The summed E-state index contributed by atoms with van der Waals surface area (Å²) in [6.07, 6.45) is 5.28. The molecule has 7 nitrogen and oxygen atoms in total. The van der Waals surface area contributed by atoms with Crippen molar-refractivity contribution in [2.24, 2.45) is 11.3 Å². The number of benzene rings is 2. The van der Waals surface area contributed by atoms with E-state index in [0.29, 0.717) is 5.56 Å². The van der Waals surface area contributed by atoms with E-state index in [2.05, 4.69) is 12.1 Å². The molecule has 1 saturated heterocycles. The number of rotatable bonds is 4. The first-order valence-corrected chi connectivity index (χ1v) is 10.2. The van der Waals surface area contributed by atoms with Gasteiger partial charge in [0.25, 0.3) is 5.69 Å². The van der Waals surface area contributed by atoms with E-state index >= 15 is 0 Å². The van der Waals surface area contributed by atoms with Gasteiger partial charge in [-0.3, -0.25) is 14.9 Å². The summed E-state index contributed by atoms with van der Waals surface area (Å²) in [6, 6.07) is 16.7. The summed E-state index contributed by atoms with van der Waals surface area (Å²) in [7, 11) is 0. The number of hydrogen-bond acceptors (Lipinski definition) is 6. The summed E-state index contributed by atoms with van der Waals surface area (Å²) in [4.78, 5) is 26.4. The number of carbonyl (C=O) groups excluding carboxylic acids is 1. The summed E-state index contributed by atoms with van der Waals surface area (Å²) in [5.41, 5.74) is 0.500. The quantitative estimate of drug-likeness (QED) is 0.557. The maximum Gasteiger partial charge on any atom is 0.269 e. The molecule has 2 heterocycles. The zero-order valence-corrected chi connectivity index (χ0v) is 16.5. The lowest BCUT2D eigenvalue weighted by molar-refractivity contribution is -0.384. The van der Waals surface area contributed by atoms with Gasteiger partial charge in [-0.05, 0) is 30.0 Å². The summed E-state index contributed by atoms with van der Waals surface area (Å²) in [5.74, 6) is -0.909. The Kier molecular flexibility index (Phi) is 4.16. The summed E-state index contributed by atoms with van der Waals surface area (Å²) >= 11 is 0. The second kappa shape index (κ2) is 6.78. The van der Waals surface area contributed by atoms with Crippen LogP contribution in [0.4, 0.5) is 11.4 Å². The number of non-ortho nitro benzene ring substituents is 1. The summed E-state index contributed by atoms with van der Waals surface area (Å²) in [6.45, 7) is 0. The van der Waals surface area contributed by atoms with Crippen LogP contribution < -0.4 is 4.90 Å². The van der Waals surface area contributed by atoms with E-state index in [9.17, 15) is 25.4 Å². The third kappa shape index (κ3) is 2.67. The lowest BCUT2D eigenvalue weighted by Gasteiger charge is -2.35. The van der Waals surface area contributed by atoms with E-state index in [0.717, 1.165) is 24.1 Å². The minimum atomic E-state index is -1.56. The number of nitro benzene ring substituents is 1. The molecule has 0 aromatic heterocycles. The largest absolute Gasteiger partial charge is 0.351 e. The highest BCUT2D eigenvalue weighted by molar-refractivity contribution is 5.95. The number of para-hydroxylation sites is 1. The Morgan fingerprint density at radius 1 is 1.13 bits per heavy atom. The molecule has 0 spiro atoms. The van der Waals surface area contributed by atoms with Gasteiger partial charge in [-0.15, -0.1) is 0 Å². The highest BCUT2D eigenvalue weighted by Crippen LogP contribution is 2.56. The average Bonchev–Trinajstić information content (AvgIpc) is 3.60. The average molecular weight is 410 g/mol. The Morgan fingerprint density at radius 3 is 2.55 bits per heavy atom. The van der Waals surface area contributed by atoms with Gasteiger partial charge in [0.2, 0.25) is 0 Å². The second-order valence-corrected chi connectivity index (χ2v) is 8.31. The van der Waals surface area contributed by atoms with Crippen molar-refractivity contribution in [3.63, 3.8) is 0 Å². The molecule has 0 N–H and O–H groups in total. The van der Waals surface area contributed by atoms with Crippen molar-refractivity contribution in [1.29, 1.82) is 10.5 Å². The van der Waals surface area contributed by atoms with E-state index in [4.69, 9.17) is 0 Å². The van der Waals surface area contributed by atoms with Gasteiger partial charge >= 0.3 is 0 Å². The van der Waals surface area contributed by atoms with Crippen LogP contribution in [-0.2, 0) is 4.79 Å². The smallest absolute Gasteiger partial charge is 0.269 e. The Bertz CT molecular complexity index is 1200. The maximum atomic E-state index is 13.6. The van der Waals surface area contributed by atoms with Crippen molar-refractivity contribution in [2.75, 3.05) is 4.90 Å². The standard InChI is InChI=1S/C24H18N4O3/c25-13-24(14-26)20-11-10-15-4-1-2-7-19(15)27(20)22(23(29)16-8-9-16)21(24)17-5-3-6-18(12-17)28(30)31/h1-7,10-12,16,20-22H,8-9H2/t20-,21+,22+/m0/s1. The Morgan fingerprint density at radius 2 is 1.87 bits per heavy atom. The van der Waals surface area contributed by atoms with Gasteiger partial charge in [-0.1, -0.05) is 42.5 Å². The number of carbonyl (C=O) groups is 1. The van der Waals surface area contributed by atoms with Crippen molar-refractivity contribution >= 4 is 23.2 Å². The third-order valence-electron chi connectivity index (χ3n) is 6.63. The van der Waals surface area contributed by atoms with E-state index in [1.54, 1.807) is 12.1 Å². The first kappa shape index (κ1) is 19.0. The molecule has 0 amide bonds. The molecule has 1 aliphatic carbocycles. The first-order valence-electron chi connectivity index (χ1n) is 10.2. The van der Waals surface area contributed by atoms with Crippen molar-refractivity contribution in [2.45, 2.75) is 30.8 Å². The maximum absolute atomic E-state index is 13.6. The van der Waals surface area contributed by atoms with Crippen LogP contribution in [0.2, 0.25) is 0 Å². The number of nitro groups is 1.